The Morgan fingerprint density at radius 3 is 2.39 bits per heavy atom. The van der Waals surface area contributed by atoms with Crippen LogP contribution >= 0.6 is 11.3 Å². The molecule has 4 rings (SSSR count). The highest BCUT2D eigenvalue weighted by Crippen LogP contribution is 2.41. The summed E-state index contributed by atoms with van der Waals surface area (Å²) in [5.41, 5.74) is 2.49. The van der Waals surface area contributed by atoms with E-state index in [0.717, 1.165) is 41.6 Å². The summed E-state index contributed by atoms with van der Waals surface area (Å²) in [7, 11) is 0. The van der Waals surface area contributed by atoms with E-state index in [4.69, 9.17) is 4.74 Å². The Bertz CT molecular complexity index is 939. The molecule has 1 fully saturated rings. The predicted molar refractivity (Wildman–Crippen MR) is 111 cm³/mol. The molecule has 0 aliphatic carbocycles. The lowest BCUT2D eigenvalue weighted by atomic mass is 10.00. The molecule has 1 aliphatic heterocycles. The van der Waals surface area contributed by atoms with Gasteiger partial charge in [-0.2, -0.15) is 4.52 Å². The Hall–Kier alpha value is -1.96. The van der Waals surface area contributed by atoms with E-state index in [1.54, 1.807) is 4.52 Å². The average Bonchev–Trinajstić information content (AvgIpc) is 3.21. The van der Waals surface area contributed by atoms with Gasteiger partial charge in [-0.1, -0.05) is 49.4 Å². The van der Waals surface area contributed by atoms with Crippen LogP contribution in [0.25, 0.3) is 4.96 Å². The Kier molecular flexibility index (Phi) is 5.40. The fourth-order valence-corrected chi connectivity index (χ4v) is 5.15. The van der Waals surface area contributed by atoms with E-state index in [1.165, 1.54) is 22.5 Å². The van der Waals surface area contributed by atoms with E-state index in [-0.39, 0.29) is 24.1 Å². The second-order valence-electron chi connectivity index (χ2n) is 7.57. The number of fused-ring (bicyclic) bond motifs is 1. The molecule has 150 valence electrons. The summed E-state index contributed by atoms with van der Waals surface area (Å²) < 4.78 is 7.53. The molecule has 0 saturated carbocycles. The van der Waals surface area contributed by atoms with Crippen molar-refractivity contribution in [3.63, 3.8) is 0 Å². The van der Waals surface area contributed by atoms with Crippen LogP contribution in [0.5, 0.6) is 5.88 Å². The maximum atomic E-state index is 11.0. The summed E-state index contributed by atoms with van der Waals surface area (Å²) in [6.07, 6.45) is 2.07. The van der Waals surface area contributed by atoms with Crippen molar-refractivity contribution < 1.29 is 9.84 Å². The lowest BCUT2D eigenvalue weighted by Gasteiger charge is -2.40. The van der Waals surface area contributed by atoms with Crippen LogP contribution in [0.3, 0.4) is 0 Å². The number of thiazole rings is 1. The molecule has 3 aromatic rings. The van der Waals surface area contributed by atoms with Gasteiger partial charge in [-0.3, -0.25) is 4.90 Å². The van der Waals surface area contributed by atoms with Crippen molar-refractivity contribution in [3.8, 4) is 5.88 Å². The highest BCUT2D eigenvalue weighted by atomic mass is 32.1. The molecule has 1 aromatic carbocycles. The van der Waals surface area contributed by atoms with Crippen LogP contribution in [0.15, 0.2) is 24.3 Å². The molecular weight excluding hydrogens is 372 g/mol. The Balaban J connectivity index is 1.80. The Morgan fingerprint density at radius 1 is 1.14 bits per heavy atom. The number of hydrogen-bond acceptors (Lipinski definition) is 6. The van der Waals surface area contributed by atoms with Crippen molar-refractivity contribution in [3.05, 3.63) is 46.1 Å². The van der Waals surface area contributed by atoms with E-state index in [0.29, 0.717) is 0 Å². The molecule has 3 heterocycles. The van der Waals surface area contributed by atoms with Gasteiger partial charge in [0.25, 0.3) is 0 Å². The number of hydrogen-bond donors (Lipinski definition) is 1. The number of aromatic nitrogens is 3. The van der Waals surface area contributed by atoms with Crippen LogP contribution in [0.2, 0.25) is 0 Å². The van der Waals surface area contributed by atoms with Gasteiger partial charge in [-0.15, -0.1) is 5.10 Å². The van der Waals surface area contributed by atoms with Gasteiger partial charge in [-0.25, -0.2) is 4.98 Å². The lowest BCUT2D eigenvalue weighted by molar-refractivity contribution is -0.0764. The molecule has 0 amide bonds. The van der Waals surface area contributed by atoms with Crippen LogP contribution in [-0.2, 0) is 17.6 Å². The van der Waals surface area contributed by atoms with E-state index in [9.17, 15) is 5.11 Å². The summed E-state index contributed by atoms with van der Waals surface area (Å²) in [5.74, 6) is 0.953. The van der Waals surface area contributed by atoms with E-state index >= 15 is 0 Å². The zero-order chi connectivity index (χ0) is 19.8. The summed E-state index contributed by atoms with van der Waals surface area (Å²) >= 11 is 1.53. The number of aryl methyl sites for hydroxylation is 2. The van der Waals surface area contributed by atoms with E-state index in [2.05, 4.69) is 60.0 Å². The monoisotopic (exact) mass is 400 g/mol. The smallest absolute Gasteiger partial charge is 0.230 e. The lowest BCUT2D eigenvalue weighted by Crippen LogP contribution is -2.47. The van der Waals surface area contributed by atoms with Gasteiger partial charge in [0.2, 0.25) is 10.8 Å². The van der Waals surface area contributed by atoms with Crippen molar-refractivity contribution in [2.45, 2.75) is 58.8 Å². The summed E-state index contributed by atoms with van der Waals surface area (Å²) in [5, 5.41) is 15.5. The largest absolute Gasteiger partial charge is 0.492 e. The number of ether oxygens (including phenoxy) is 1. The molecule has 1 aliphatic rings. The molecule has 3 atom stereocenters. The molecule has 28 heavy (non-hydrogen) atoms. The van der Waals surface area contributed by atoms with Gasteiger partial charge in [0.05, 0.1) is 23.1 Å². The number of aromatic hydroxyl groups is 1. The zero-order valence-corrected chi connectivity index (χ0v) is 17.7. The first-order valence-electron chi connectivity index (χ1n) is 10.1. The van der Waals surface area contributed by atoms with Crippen LogP contribution in [0.4, 0.5) is 0 Å². The fourth-order valence-electron chi connectivity index (χ4n) is 4.01. The molecule has 0 bridgehead atoms. The molecule has 0 spiro atoms. The van der Waals surface area contributed by atoms with Crippen molar-refractivity contribution in [1.82, 2.24) is 19.5 Å². The SMILES string of the molecule is CCc1ccc([C@@H](c2sc3nc(CC)nn3c2O)N2C[C@@H](C)O[C@@H](C)C2)cc1. The van der Waals surface area contributed by atoms with E-state index in [1.807, 2.05) is 6.92 Å². The normalized spacial score (nSPS) is 22.0. The van der Waals surface area contributed by atoms with Crippen molar-refractivity contribution in [2.75, 3.05) is 13.1 Å². The third kappa shape index (κ3) is 3.54. The highest BCUT2D eigenvalue weighted by Gasteiger charge is 2.34. The summed E-state index contributed by atoms with van der Waals surface area (Å²) in [6, 6.07) is 8.68. The van der Waals surface area contributed by atoms with Crippen LogP contribution in [-0.4, -0.2) is 49.9 Å². The first kappa shape index (κ1) is 19.4. The van der Waals surface area contributed by atoms with Crippen molar-refractivity contribution >= 4 is 16.3 Å². The topological polar surface area (TPSA) is 62.9 Å². The standard InChI is InChI=1S/C21H28N4O2S/c1-5-15-7-9-16(10-8-15)18(24-11-13(3)27-14(4)12-24)19-20(26)25-21(28-19)22-17(6-2)23-25/h7-10,13-14,18,26H,5-6,11-12H2,1-4H3/t13-,14+,18-/m0/s1. The number of benzene rings is 1. The molecular formula is C21H28N4O2S. The van der Waals surface area contributed by atoms with Gasteiger partial charge >= 0.3 is 0 Å². The second kappa shape index (κ2) is 7.81. The van der Waals surface area contributed by atoms with Gasteiger partial charge in [0.15, 0.2) is 5.82 Å². The minimum absolute atomic E-state index is 0.0433. The molecule has 0 radical (unpaired) electrons. The molecule has 0 unspecified atom stereocenters. The van der Waals surface area contributed by atoms with Crippen molar-refractivity contribution in [2.24, 2.45) is 0 Å². The fraction of sp³-hybridized carbons (Fsp3) is 0.524. The quantitative estimate of drug-likeness (QED) is 0.705. The van der Waals surface area contributed by atoms with Gasteiger partial charge in [-0.05, 0) is 31.4 Å². The van der Waals surface area contributed by atoms with E-state index < -0.39 is 0 Å². The Morgan fingerprint density at radius 2 is 1.82 bits per heavy atom. The number of nitrogens with zero attached hydrogens (tertiary/aromatic N) is 4. The summed E-state index contributed by atoms with van der Waals surface area (Å²) in [4.78, 5) is 8.60. The molecule has 1 saturated heterocycles. The van der Waals surface area contributed by atoms with Gasteiger partial charge < -0.3 is 9.84 Å². The predicted octanol–water partition coefficient (Wildman–Crippen LogP) is 3.82. The Labute approximate surface area is 169 Å². The maximum Gasteiger partial charge on any atom is 0.230 e. The highest BCUT2D eigenvalue weighted by molar-refractivity contribution is 7.17. The van der Waals surface area contributed by atoms with Gasteiger partial charge in [0, 0.05) is 19.5 Å². The third-order valence-electron chi connectivity index (χ3n) is 5.32. The molecule has 6 nitrogen and oxygen atoms in total. The number of rotatable bonds is 5. The van der Waals surface area contributed by atoms with Gasteiger partial charge in [0.1, 0.15) is 0 Å². The summed E-state index contributed by atoms with van der Waals surface area (Å²) in [6.45, 7) is 10.0. The first-order valence-corrected chi connectivity index (χ1v) is 10.9. The van der Waals surface area contributed by atoms with Crippen LogP contribution < -0.4 is 0 Å². The van der Waals surface area contributed by atoms with Crippen molar-refractivity contribution in [1.29, 1.82) is 0 Å². The second-order valence-corrected chi connectivity index (χ2v) is 8.58. The maximum absolute atomic E-state index is 11.0. The average molecular weight is 401 g/mol. The zero-order valence-electron chi connectivity index (χ0n) is 16.9. The molecule has 1 N–H and O–H groups in total. The van der Waals surface area contributed by atoms with Crippen LogP contribution in [0.1, 0.15) is 55.6 Å². The minimum Gasteiger partial charge on any atom is -0.492 e. The van der Waals surface area contributed by atoms with Crippen LogP contribution in [0, 0.1) is 0 Å². The third-order valence-corrected chi connectivity index (χ3v) is 6.40. The molecule has 2 aromatic heterocycles. The number of morpholine rings is 1. The first-order chi connectivity index (χ1) is 13.5. The molecule has 7 heteroatoms. The minimum atomic E-state index is -0.0433.